The second-order valence-corrected chi connectivity index (χ2v) is 7.82. The minimum Gasteiger partial charge on any atom is -0.484 e. The summed E-state index contributed by atoms with van der Waals surface area (Å²) in [7, 11) is 0. The molecule has 1 amide bonds. The van der Waals surface area contributed by atoms with Gasteiger partial charge in [0.15, 0.2) is 0 Å². The lowest BCUT2D eigenvalue weighted by atomic mass is 9.98. The van der Waals surface area contributed by atoms with Crippen LogP contribution in [-0.4, -0.2) is 33.4 Å². The van der Waals surface area contributed by atoms with Gasteiger partial charge in [-0.2, -0.15) is 5.10 Å². The number of aromatic nitrogens is 2. The highest BCUT2D eigenvalue weighted by atomic mass is 19.1. The Kier molecular flexibility index (Phi) is 7.00. The summed E-state index contributed by atoms with van der Waals surface area (Å²) in [5.41, 5.74) is 2.55. The molecule has 0 fully saturated rings. The number of fused-ring (bicyclic) bond motifs is 1. The molecule has 1 heterocycles. The van der Waals surface area contributed by atoms with Gasteiger partial charge in [0.25, 0.3) is 0 Å². The van der Waals surface area contributed by atoms with Crippen LogP contribution in [0.15, 0.2) is 79.0 Å². The largest absolute Gasteiger partial charge is 0.484 e. The lowest BCUT2D eigenvalue weighted by molar-refractivity contribution is -0.125. The Morgan fingerprint density at radius 2 is 1.88 bits per heavy atom. The second kappa shape index (κ2) is 10.3. The van der Waals surface area contributed by atoms with E-state index in [0.29, 0.717) is 12.2 Å². The SMILES string of the molecule is CCCC(NC(=O)CO)[C@H](Oc1ccc2c(cnn2-c2ccc(F)cc2)c1)c1ccccc1. The molecule has 6 nitrogen and oxygen atoms in total. The zero-order valence-corrected chi connectivity index (χ0v) is 18.3. The molecular formula is C26H26FN3O3. The number of rotatable bonds is 9. The summed E-state index contributed by atoms with van der Waals surface area (Å²) in [6, 6.07) is 21.2. The molecule has 1 unspecified atom stereocenters. The molecule has 2 N–H and O–H groups in total. The second-order valence-electron chi connectivity index (χ2n) is 7.82. The molecule has 170 valence electrons. The van der Waals surface area contributed by atoms with Gasteiger partial charge in [-0.05, 0) is 54.4 Å². The number of aliphatic hydroxyl groups is 1. The fraction of sp³-hybridized carbons (Fsp3) is 0.231. The van der Waals surface area contributed by atoms with Gasteiger partial charge in [-0.15, -0.1) is 0 Å². The number of carbonyl (C=O) groups is 1. The number of halogens is 1. The Morgan fingerprint density at radius 3 is 2.58 bits per heavy atom. The van der Waals surface area contributed by atoms with Gasteiger partial charge in [0.2, 0.25) is 5.91 Å². The summed E-state index contributed by atoms with van der Waals surface area (Å²) >= 11 is 0. The van der Waals surface area contributed by atoms with Crippen molar-refractivity contribution >= 4 is 16.8 Å². The third-order valence-electron chi connectivity index (χ3n) is 5.46. The average molecular weight is 448 g/mol. The summed E-state index contributed by atoms with van der Waals surface area (Å²) in [4.78, 5) is 12.0. The predicted octanol–water partition coefficient (Wildman–Crippen LogP) is 4.56. The monoisotopic (exact) mass is 447 g/mol. The van der Waals surface area contributed by atoms with Crippen LogP contribution in [0.5, 0.6) is 5.75 Å². The van der Waals surface area contributed by atoms with Crippen LogP contribution in [0, 0.1) is 5.82 Å². The van der Waals surface area contributed by atoms with Crippen LogP contribution >= 0.6 is 0 Å². The Hall–Kier alpha value is -3.71. The van der Waals surface area contributed by atoms with Crippen molar-refractivity contribution in [3.05, 3.63) is 90.4 Å². The van der Waals surface area contributed by atoms with Crippen molar-refractivity contribution in [2.24, 2.45) is 0 Å². The van der Waals surface area contributed by atoms with Gasteiger partial charge < -0.3 is 15.2 Å². The quantitative estimate of drug-likeness (QED) is 0.394. The molecule has 0 aliphatic rings. The summed E-state index contributed by atoms with van der Waals surface area (Å²) in [5, 5.41) is 17.4. The van der Waals surface area contributed by atoms with Crippen LogP contribution in [0.25, 0.3) is 16.6 Å². The van der Waals surface area contributed by atoms with E-state index in [-0.39, 0.29) is 11.9 Å². The van der Waals surface area contributed by atoms with Crippen LogP contribution in [0.4, 0.5) is 4.39 Å². The number of aliphatic hydroxyl groups excluding tert-OH is 1. The van der Waals surface area contributed by atoms with Gasteiger partial charge >= 0.3 is 0 Å². The van der Waals surface area contributed by atoms with E-state index >= 15 is 0 Å². The van der Waals surface area contributed by atoms with Crippen molar-refractivity contribution in [2.75, 3.05) is 6.61 Å². The molecule has 3 aromatic carbocycles. The highest BCUT2D eigenvalue weighted by molar-refractivity contribution is 5.81. The molecular weight excluding hydrogens is 421 g/mol. The van der Waals surface area contributed by atoms with Gasteiger partial charge in [-0.1, -0.05) is 43.7 Å². The van der Waals surface area contributed by atoms with Crippen LogP contribution in [0.1, 0.15) is 31.4 Å². The van der Waals surface area contributed by atoms with Crippen molar-refractivity contribution in [3.8, 4) is 11.4 Å². The van der Waals surface area contributed by atoms with E-state index in [2.05, 4.69) is 10.4 Å². The Balaban J connectivity index is 1.66. The van der Waals surface area contributed by atoms with Gasteiger partial charge in [0, 0.05) is 5.39 Å². The molecule has 33 heavy (non-hydrogen) atoms. The van der Waals surface area contributed by atoms with E-state index < -0.39 is 18.6 Å². The number of hydrogen-bond acceptors (Lipinski definition) is 4. The molecule has 0 saturated carbocycles. The summed E-state index contributed by atoms with van der Waals surface area (Å²) in [6.07, 6.45) is 2.83. The number of amides is 1. The van der Waals surface area contributed by atoms with Crippen molar-refractivity contribution in [3.63, 3.8) is 0 Å². The van der Waals surface area contributed by atoms with Crippen LogP contribution in [-0.2, 0) is 4.79 Å². The lowest BCUT2D eigenvalue weighted by Gasteiger charge is -2.29. The van der Waals surface area contributed by atoms with Gasteiger partial charge in [0.1, 0.15) is 24.3 Å². The summed E-state index contributed by atoms with van der Waals surface area (Å²) in [5.74, 6) is -0.101. The lowest BCUT2D eigenvalue weighted by Crippen LogP contribution is -2.42. The number of nitrogens with zero attached hydrogens (tertiary/aromatic N) is 2. The van der Waals surface area contributed by atoms with Crippen molar-refractivity contribution < 1.29 is 19.0 Å². The van der Waals surface area contributed by atoms with Gasteiger partial charge in [-0.25, -0.2) is 9.07 Å². The van der Waals surface area contributed by atoms with Crippen molar-refractivity contribution in [2.45, 2.75) is 31.9 Å². The maximum Gasteiger partial charge on any atom is 0.246 e. The number of ether oxygens (including phenoxy) is 1. The zero-order valence-electron chi connectivity index (χ0n) is 18.3. The minimum absolute atomic E-state index is 0.298. The van der Waals surface area contributed by atoms with E-state index in [0.717, 1.165) is 28.6 Å². The molecule has 2 atom stereocenters. The minimum atomic E-state index is -0.573. The van der Waals surface area contributed by atoms with Crippen LogP contribution < -0.4 is 10.1 Å². The highest BCUT2D eigenvalue weighted by Crippen LogP contribution is 2.30. The first-order chi connectivity index (χ1) is 16.1. The van der Waals surface area contributed by atoms with Crippen LogP contribution in [0.2, 0.25) is 0 Å². The van der Waals surface area contributed by atoms with E-state index in [1.165, 1.54) is 12.1 Å². The standard InChI is InChI=1S/C26H26FN3O3/c1-2-6-23(29-25(32)17-31)26(18-7-4-3-5-8-18)33-22-13-14-24-19(15-22)16-28-30(24)21-11-9-20(27)10-12-21/h3-5,7-16,23,26,31H,2,6,17H2,1H3,(H,29,32)/t23?,26-/m1/s1. The Morgan fingerprint density at radius 1 is 1.12 bits per heavy atom. The zero-order chi connectivity index (χ0) is 23.2. The van der Waals surface area contributed by atoms with E-state index in [1.807, 2.05) is 55.5 Å². The third kappa shape index (κ3) is 5.21. The Labute approximate surface area is 191 Å². The summed E-state index contributed by atoms with van der Waals surface area (Å²) in [6.45, 7) is 1.46. The molecule has 1 aromatic heterocycles. The fourth-order valence-corrected chi connectivity index (χ4v) is 3.91. The molecule has 0 radical (unpaired) electrons. The van der Waals surface area contributed by atoms with Gasteiger partial charge in [-0.3, -0.25) is 4.79 Å². The molecule has 0 bridgehead atoms. The first-order valence-corrected chi connectivity index (χ1v) is 10.9. The summed E-state index contributed by atoms with van der Waals surface area (Å²) < 4.78 is 21.5. The normalized spacial score (nSPS) is 12.9. The first-order valence-electron chi connectivity index (χ1n) is 10.9. The topological polar surface area (TPSA) is 76.4 Å². The molecule has 4 aromatic rings. The predicted molar refractivity (Wildman–Crippen MR) is 125 cm³/mol. The maximum atomic E-state index is 13.3. The fourth-order valence-electron chi connectivity index (χ4n) is 3.91. The molecule has 0 aliphatic heterocycles. The third-order valence-corrected chi connectivity index (χ3v) is 5.46. The highest BCUT2D eigenvalue weighted by Gasteiger charge is 2.26. The van der Waals surface area contributed by atoms with E-state index in [9.17, 15) is 14.3 Å². The van der Waals surface area contributed by atoms with Crippen molar-refractivity contribution in [1.82, 2.24) is 15.1 Å². The molecule has 7 heteroatoms. The average Bonchev–Trinajstić information content (AvgIpc) is 3.26. The van der Waals surface area contributed by atoms with E-state index in [4.69, 9.17) is 4.74 Å². The smallest absolute Gasteiger partial charge is 0.246 e. The molecule has 0 spiro atoms. The molecule has 0 aliphatic carbocycles. The number of hydrogen-bond donors (Lipinski definition) is 2. The van der Waals surface area contributed by atoms with Crippen molar-refractivity contribution in [1.29, 1.82) is 0 Å². The van der Waals surface area contributed by atoms with Crippen LogP contribution in [0.3, 0.4) is 0 Å². The molecule has 4 rings (SSSR count). The molecule has 0 saturated heterocycles. The number of nitrogens with one attached hydrogen (secondary N) is 1. The maximum absolute atomic E-state index is 13.3. The Bertz CT molecular complexity index is 1210. The first kappa shape index (κ1) is 22.5. The van der Waals surface area contributed by atoms with E-state index in [1.54, 1.807) is 23.0 Å². The van der Waals surface area contributed by atoms with Gasteiger partial charge in [0.05, 0.1) is 23.4 Å². The number of benzene rings is 3. The number of carbonyl (C=O) groups excluding carboxylic acids is 1.